The molecule has 0 aliphatic carbocycles. The molecule has 1 rings (SSSR count). The molecule has 0 spiro atoms. The van der Waals surface area contributed by atoms with Gasteiger partial charge in [-0.05, 0) is 0 Å². The van der Waals surface area contributed by atoms with Gasteiger partial charge in [-0.3, -0.25) is 4.98 Å². The number of nitrogens with zero attached hydrogens (tertiary/aromatic N) is 1. The molecule has 1 aromatic rings. The highest BCUT2D eigenvalue weighted by atomic mass is 19.3. The van der Waals surface area contributed by atoms with Gasteiger partial charge in [0.1, 0.15) is 0 Å². The van der Waals surface area contributed by atoms with Crippen molar-refractivity contribution in [1.29, 1.82) is 0 Å². The minimum atomic E-state index is -2.71. The van der Waals surface area contributed by atoms with Crippen molar-refractivity contribution in [3.63, 3.8) is 0 Å². The Hall–Kier alpha value is -1.43. The van der Waals surface area contributed by atoms with Gasteiger partial charge in [0.2, 0.25) is 0 Å². The lowest BCUT2D eigenvalue weighted by molar-refractivity contribution is 0.141. The summed E-state index contributed by atoms with van der Waals surface area (Å²) in [7, 11) is 1.26. The van der Waals surface area contributed by atoms with Crippen molar-refractivity contribution in [2.45, 2.75) is 13.0 Å². The van der Waals surface area contributed by atoms with E-state index in [1.54, 1.807) is 0 Å². The largest absolute Gasteiger partial charge is 0.492 e. The fourth-order valence-corrected chi connectivity index (χ4v) is 1.09. The minimum absolute atomic E-state index is 0.0945. The first-order valence-corrected chi connectivity index (χ1v) is 3.91. The van der Waals surface area contributed by atoms with Crippen molar-refractivity contribution in [3.05, 3.63) is 17.5 Å². The minimum Gasteiger partial charge on any atom is -0.492 e. The Morgan fingerprint density at radius 1 is 1.57 bits per heavy atom. The molecule has 4 nitrogen and oxygen atoms in total. The first kappa shape index (κ1) is 10.6. The number of hydrogen-bond acceptors (Lipinski definition) is 4. The van der Waals surface area contributed by atoms with E-state index in [1.165, 1.54) is 13.3 Å². The second-order valence-electron chi connectivity index (χ2n) is 2.62. The van der Waals surface area contributed by atoms with Crippen LogP contribution in [0.3, 0.4) is 0 Å². The molecule has 14 heavy (non-hydrogen) atoms. The first-order valence-electron chi connectivity index (χ1n) is 3.91. The van der Waals surface area contributed by atoms with E-state index < -0.39 is 12.1 Å². The summed E-state index contributed by atoms with van der Waals surface area (Å²) in [5.41, 5.74) is 11.1. The van der Waals surface area contributed by atoms with E-state index in [2.05, 4.69) is 4.98 Å². The summed E-state index contributed by atoms with van der Waals surface area (Å²) in [5, 5.41) is 0. The molecule has 1 heterocycles. The molecule has 0 aromatic carbocycles. The third-order valence-corrected chi connectivity index (χ3v) is 1.81. The number of aromatic nitrogens is 1. The molecule has 1 aromatic heterocycles. The third kappa shape index (κ3) is 1.74. The van der Waals surface area contributed by atoms with Gasteiger partial charge in [0.05, 0.1) is 12.8 Å². The number of alkyl halides is 2. The Bertz CT molecular complexity index is 331. The monoisotopic (exact) mass is 203 g/mol. The molecule has 0 saturated carbocycles. The Labute approximate surface area is 79.9 Å². The number of anilines is 1. The second kappa shape index (κ2) is 4.19. The van der Waals surface area contributed by atoms with Crippen molar-refractivity contribution < 1.29 is 13.5 Å². The van der Waals surface area contributed by atoms with Crippen LogP contribution in [0.1, 0.15) is 17.7 Å². The molecule has 4 N–H and O–H groups in total. The molecule has 0 aliphatic rings. The number of nitrogens with two attached hydrogens (primary N) is 2. The maximum atomic E-state index is 12.4. The van der Waals surface area contributed by atoms with Crippen molar-refractivity contribution in [2.75, 3.05) is 12.8 Å². The highest BCUT2D eigenvalue weighted by Crippen LogP contribution is 2.33. The summed E-state index contributed by atoms with van der Waals surface area (Å²) in [6, 6.07) is 0. The second-order valence-corrected chi connectivity index (χ2v) is 2.62. The Morgan fingerprint density at radius 3 is 2.64 bits per heavy atom. The van der Waals surface area contributed by atoms with Crippen molar-refractivity contribution >= 4 is 5.69 Å². The van der Waals surface area contributed by atoms with Gasteiger partial charge in [-0.2, -0.15) is 0 Å². The number of methoxy groups -OCH3 is 1. The predicted molar refractivity (Wildman–Crippen MR) is 48.0 cm³/mol. The summed E-state index contributed by atoms with van der Waals surface area (Å²) in [5.74, 6) is -0.0945. The van der Waals surface area contributed by atoms with Crippen LogP contribution in [0, 0.1) is 0 Å². The van der Waals surface area contributed by atoms with Gasteiger partial charge in [-0.15, -0.1) is 0 Å². The standard InChI is InChI=1S/C8H11F2N3O/c1-14-7-5(12)4(2-11)3-13-6(7)8(9)10/h3,8H,2,11H2,1H3,(H2,12,13). The molecule has 0 bridgehead atoms. The van der Waals surface area contributed by atoms with Crippen LogP contribution in [0.25, 0.3) is 0 Å². The van der Waals surface area contributed by atoms with E-state index in [0.29, 0.717) is 5.56 Å². The molecule has 0 unspecified atom stereocenters. The number of hydrogen-bond donors (Lipinski definition) is 2. The molecule has 0 atom stereocenters. The number of halogens is 2. The van der Waals surface area contributed by atoms with Crippen LogP contribution in [0.15, 0.2) is 6.20 Å². The van der Waals surface area contributed by atoms with Crippen molar-refractivity contribution in [3.8, 4) is 5.75 Å². The van der Waals surface area contributed by atoms with Crippen LogP contribution < -0.4 is 16.2 Å². The average Bonchev–Trinajstić information content (AvgIpc) is 2.17. The van der Waals surface area contributed by atoms with Gasteiger partial charge in [0, 0.05) is 18.3 Å². The lowest BCUT2D eigenvalue weighted by Crippen LogP contribution is -2.07. The summed E-state index contributed by atoms with van der Waals surface area (Å²) < 4.78 is 29.6. The van der Waals surface area contributed by atoms with Gasteiger partial charge in [-0.1, -0.05) is 0 Å². The molecule has 0 fully saturated rings. The molecular weight excluding hydrogens is 192 g/mol. The molecule has 78 valence electrons. The first-order chi connectivity index (χ1) is 6.61. The summed E-state index contributed by atoms with van der Waals surface area (Å²) in [4.78, 5) is 3.55. The predicted octanol–water partition coefficient (Wildman–Crippen LogP) is 1.07. The maximum Gasteiger partial charge on any atom is 0.284 e. The van der Waals surface area contributed by atoms with E-state index in [-0.39, 0.29) is 18.0 Å². The number of ether oxygens (including phenoxy) is 1. The molecule has 0 radical (unpaired) electrons. The fourth-order valence-electron chi connectivity index (χ4n) is 1.09. The van der Waals surface area contributed by atoms with Crippen LogP contribution in [-0.4, -0.2) is 12.1 Å². The normalized spacial score (nSPS) is 10.6. The van der Waals surface area contributed by atoms with Gasteiger partial charge in [0.25, 0.3) is 6.43 Å². The Kier molecular flexibility index (Phi) is 3.19. The zero-order valence-corrected chi connectivity index (χ0v) is 7.63. The van der Waals surface area contributed by atoms with Crippen molar-refractivity contribution in [2.24, 2.45) is 5.73 Å². The van der Waals surface area contributed by atoms with Gasteiger partial charge in [0.15, 0.2) is 11.4 Å². The van der Waals surface area contributed by atoms with Gasteiger partial charge >= 0.3 is 0 Å². The number of pyridine rings is 1. The van der Waals surface area contributed by atoms with E-state index in [4.69, 9.17) is 16.2 Å². The molecule has 0 aliphatic heterocycles. The van der Waals surface area contributed by atoms with Gasteiger partial charge in [-0.25, -0.2) is 8.78 Å². The molecule has 0 saturated heterocycles. The number of rotatable bonds is 3. The van der Waals surface area contributed by atoms with Crippen LogP contribution in [-0.2, 0) is 6.54 Å². The zero-order chi connectivity index (χ0) is 10.7. The van der Waals surface area contributed by atoms with E-state index in [1.807, 2.05) is 0 Å². The topological polar surface area (TPSA) is 74.2 Å². The summed E-state index contributed by atoms with van der Waals surface area (Å²) in [6.07, 6.45) is -1.47. The maximum absolute atomic E-state index is 12.4. The summed E-state index contributed by atoms with van der Waals surface area (Å²) in [6.45, 7) is 0.138. The Morgan fingerprint density at radius 2 is 2.21 bits per heavy atom. The Balaban J connectivity index is 3.28. The summed E-state index contributed by atoms with van der Waals surface area (Å²) >= 11 is 0. The molecule has 6 heteroatoms. The average molecular weight is 203 g/mol. The zero-order valence-electron chi connectivity index (χ0n) is 7.63. The lowest BCUT2D eigenvalue weighted by Gasteiger charge is -2.12. The van der Waals surface area contributed by atoms with Crippen molar-refractivity contribution in [1.82, 2.24) is 4.98 Å². The van der Waals surface area contributed by atoms with E-state index in [0.717, 1.165) is 0 Å². The lowest BCUT2D eigenvalue weighted by atomic mass is 10.2. The van der Waals surface area contributed by atoms with Crippen LogP contribution in [0.4, 0.5) is 14.5 Å². The van der Waals surface area contributed by atoms with E-state index >= 15 is 0 Å². The highest BCUT2D eigenvalue weighted by Gasteiger charge is 2.19. The fraction of sp³-hybridized carbons (Fsp3) is 0.375. The molecule has 0 amide bonds. The molecular formula is C8H11F2N3O. The highest BCUT2D eigenvalue weighted by molar-refractivity contribution is 5.60. The third-order valence-electron chi connectivity index (χ3n) is 1.81. The van der Waals surface area contributed by atoms with Crippen LogP contribution in [0.5, 0.6) is 5.75 Å². The SMILES string of the molecule is COc1c(C(F)F)ncc(CN)c1N. The number of nitrogen functional groups attached to an aromatic ring is 1. The van der Waals surface area contributed by atoms with Gasteiger partial charge < -0.3 is 16.2 Å². The van der Waals surface area contributed by atoms with E-state index in [9.17, 15) is 8.78 Å². The quantitative estimate of drug-likeness (QED) is 0.770. The smallest absolute Gasteiger partial charge is 0.284 e. The van der Waals surface area contributed by atoms with Crippen LogP contribution in [0.2, 0.25) is 0 Å². The van der Waals surface area contributed by atoms with Crippen LogP contribution >= 0.6 is 0 Å².